The van der Waals surface area contributed by atoms with Gasteiger partial charge in [0.25, 0.3) is 5.91 Å². The number of halogens is 1. The number of aromatic nitrogens is 1. The second kappa shape index (κ2) is 10.3. The third-order valence-corrected chi connectivity index (χ3v) is 6.51. The number of alkyl halides is 1. The van der Waals surface area contributed by atoms with E-state index < -0.39 is 11.4 Å². The summed E-state index contributed by atoms with van der Waals surface area (Å²) in [5.41, 5.74) is 3.05. The highest BCUT2D eigenvalue weighted by molar-refractivity contribution is 9.09. The lowest BCUT2D eigenvalue weighted by Gasteiger charge is -2.29. The first-order valence-electron chi connectivity index (χ1n) is 11.9. The summed E-state index contributed by atoms with van der Waals surface area (Å²) < 4.78 is 11.4. The molecule has 0 atom stereocenters. The van der Waals surface area contributed by atoms with Crippen molar-refractivity contribution in [1.29, 1.82) is 0 Å². The Bertz CT molecular complexity index is 1270. The molecule has 1 aromatic heterocycles. The minimum Gasteiger partial charge on any atom is -0.494 e. The van der Waals surface area contributed by atoms with E-state index in [0.29, 0.717) is 35.7 Å². The van der Waals surface area contributed by atoms with Crippen molar-refractivity contribution in [3.8, 4) is 5.75 Å². The number of carbonyl (C=O) groups is 2. The van der Waals surface area contributed by atoms with Crippen molar-refractivity contribution >= 4 is 44.3 Å². The van der Waals surface area contributed by atoms with Gasteiger partial charge in [0, 0.05) is 40.0 Å². The molecule has 7 heteroatoms. The van der Waals surface area contributed by atoms with Crippen molar-refractivity contribution in [2.75, 3.05) is 18.5 Å². The van der Waals surface area contributed by atoms with Crippen LogP contribution in [0.4, 0.5) is 0 Å². The van der Waals surface area contributed by atoms with Crippen LogP contribution in [0.1, 0.15) is 55.7 Å². The lowest BCUT2D eigenvalue weighted by molar-refractivity contribution is -0.140. The van der Waals surface area contributed by atoms with Crippen LogP contribution in [0, 0.1) is 0 Å². The minimum atomic E-state index is -0.463. The first-order valence-corrected chi connectivity index (χ1v) is 13.0. The number of fused-ring (bicyclic) bond motifs is 3. The number of carbonyl (C=O) groups excluding carboxylic acids is 2. The Labute approximate surface area is 214 Å². The molecule has 6 nitrogen and oxygen atoms in total. The number of H-pyrrole nitrogens is 1. The molecule has 1 amide bonds. The maximum absolute atomic E-state index is 13.7. The largest absolute Gasteiger partial charge is 0.494 e. The Morgan fingerprint density at radius 1 is 1.14 bits per heavy atom. The van der Waals surface area contributed by atoms with Crippen LogP contribution in [0.3, 0.4) is 0 Å². The topological polar surface area (TPSA) is 71.6 Å². The average molecular weight is 539 g/mol. The van der Waals surface area contributed by atoms with E-state index in [-0.39, 0.29) is 12.0 Å². The van der Waals surface area contributed by atoms with Gasteiger partial charge in [0.1, 0.15) is 5.75 Å². The van der Waals surface area contributed by atoms with Crippen molar-refractivity contribution in [3.05, 3.63) is 71.6 Å². The number of rotatable bonds is 7. The Morgan fingerprint density at radius 2 is 1.91 bits per heavy atom. The van der Waals surface area contributed by atoms with E-state index in [9.17, 15) is 9.59 Å². The molecule has 0 unspecified atom stereocenters. The lowest BCUT2D eigenvalue weighted by atomic mass is 9.81. The van der Waals surface area contributed by atoms with Gasteiger partial charge in [-0.1, -0.05) is 54.0 Å². The summed E-state index contributed by atoms with van der Waals surface area (Å²) in [4.78, 5) is 32.0. The van der Waals surface area contributed by atoms with Gasteiger partial charge < -0.3 is 19.4 Å². The van der Waals surface area contributed by atoms with Gasteiger partial charge in [0.2, 0.25) is 0 Å². The van der Waals surface area contributed by atoms with E-state index in [4.69, 9.17) is 9.47 Å². The zero-order valence-electron chi connectivity index (χ0n) is 20.6. The molecule has 0 radical (unpaired) electrons. The summed E-state index contributed by atoms with van der Waals surface area (Å²) in [6.07, 6.45) is 2.22. The van der Waals surface area contributed by atoms with Crippen LogP contribution >= 0.6 is 15.9 Å². The van der Waals surface area contributed by atoms with Gasteiger partial charge in [0.05, 0.1) is 24.0 Å². The predicted octanol–water partition coefficient (Wildman–Crippen LogP) is 6.06. The summed E-state index contributed by atoms with van der Waals surface area (Å²) in [5, 5.41) is 1.89. The molecule has 0 aliphatic carbocycles. The summed E-state index contributed by atoms with van der Waals surface area (Å²) in [7, 11) is 0. The molecule has 35 heavy (non-hydrogen) atoms. The van der Waals surface area contributed by atoms with Crippen LogP contribution in [0.25, 0.3) is 16.5 Å². The number of benzene rings is 2. The molecule has 1 N–H and O–H groups in total. The molecular weight excluding hydrogens is 508 g/mol. The van der Waals surface area contributed by atoms with Gasteiger partial charge in [-0.25, -0.2) is 4.79 Å². The van der Waals surface area contributed by atoms with E-state index >= 15 is 0 Å². The van der Waals surface area contributed by atoms with E-state index in [1.54, 1.807) is 23.2 Å². The third-order valence-electron chi connectivity index (χ3n) is 5.95. The van der Waals surface area contributed by atoms with Crippen molar-refractivity contribution in [2.45, 2.75) is 45.6 Å². The fraction of sp³-hybridized carbons (Fsp3) is 0.357. The van der Waals surface area contributed by atoms with Crippen LogP contribution in [0.15, 0.2) is 54.7 Å². The molecule has 2 heterocycles. The Morgan fingerprint density at radius 3 is 2.66 bits per heavy atom. The van der Waals surface area contributed by atoms with Gasteiger partial charge in [-0.3, -0.25) is 4.79 Å². The summed E-state index contributed by atoms with van der Waals surface area (Å²) in [6.45, 7) is 8.78. The molecule has 4 rings (SSSR count). The number of esters is 1. The molecule has 0 spiro atoms. The quantitative estimate of drug-likeness (QED) is 0.225. The highest BCUT2D eigenvalue weighted by Crippen LogP contribution is 2.40. The molecule has 3 aromatic rings. The number of aromatic amines is 1. The fourth-order valence-corrected chi connectivity index (χ4v) is 4.74. The summed E-state index contributed by atoms with van der Waals surface area (Å²) in [5.74, 6) is -0.0194. The summed E-state index contributed by atoms with van der Waals surface area (Å²) >= 11 is 3.40. The SMILES string of the molecule is CC(C)OC(=O)C1=CN(C(=O)c2cccc(OCCCBr)c2)CC(C)(C)c2c1[nH]c1ccccc21. The zero-order valence-corrected chi connectivity index (χ0v) is 22.1. The normalized spacial score (nSPS) is 14.9. The van der Waals surface area contributed by atoms with Gasteiger partial charge in [-0.15, -0.1) is 0 Å². The lowest BCUT2D eigenvalue weighted by Crippen LogP contribution is -2.37. The molecular formula is C28H31BrN2O4. The first-order chi connectivity index (χ1) is 16.7. The smallest absolute Gasteiger partial charge is 0.342 e. The van der Waals surface area contributed by atoms with E-state index in [0.717, 1.165) is 28.2 Å². The number of para-hydroxylation sites is 1. The molecule has 184 valence electrons. The maximum atomic E-state index is 13.7. The molecule has 0 saturated carbocycles. The van der Waals surface area contributed by atoms with Crippen LogP contribution in [-0.2, 0) is 14.9 Å². The summed E-state index contributed by atoms with van der Waals surface area (Å²) in [6, 6.07) is 15.2. The number of amides is 1. The van der Waals surface area contributed by atoms with Crippen LogP contribution in [0.2, 0.25) is 0 Å². The highest BCUT2D eigenvalue weighted by atomic mass is 79.9. The van der Waals surface area contributed by atoms with Crippen molar-refractivity contribution < 1.29 is 19.1 Å². The van der Waals surface area contributed by atoms with E-state index in [2.05, 4.69) is 34.8 Å². The molecule has 1 aliphatic heterocycles. The third kappa shape index (κ3) is 5.30. The number of hydrogen-bond acceptors (Lipinski definition) is 4. The van der Waals surface area contributed by atoms with Crippen LogP contribution in [-0.4, -0.2) is 46.3 Å². The van der Waals surface area contributed by atoms with Crippen molar-refractivity contribution in [3.63, 3.8) is 0 Å². The Hall–Kier alpha value is -3.06. The Balaban J connectivity index is 1.78. The average Bonchev–Trinajstić information content (AvgIpc) is 3.16. The molecule has 0 bridgehead atoms. The Kier molecular flexibility index (Phi) is 7.36. The minimum absolute atomic E-state index is 0.201. The first kappa shape index (κ1) is 25.0. The molecule has 2 aromatic carbocycles. The number of nitrogens with one attached hydrogen (secondary N) is 1. The van der Waals surface area contributed by atoms with E-state index in [1.165, 1.54) is 0 Å². The van der Waals surface area contributed by atoms with Gasteiger partial charge >= 0.3 is 5.97 Å². The van der Waals surface area contributed by atoms with Gasteiger partial charge in [-0.2, -0.15) is 0 Å². The number of nitrogens with zero attached hydrogens (tertiary/aromatic N) is 1. The molecule has 1 aliphatic rings. The number of ether oxygens (including phenoxy) is 2. The second-order valence-corrected chi connectivity index (χ2v) is 10.4. The van der Waals surface area contributed by atoms with E-state index in [1.807, 2.05) is 50.2 Å². The van der Waals surface area contributed by atoms with Crippen LogP contribution in [0.5, 0.6) is 5.75 Å². The number of hydrogen-bond donors (Lipinski definition) is 1. The zero-order chi connectivity index (χ0) is 25.2. The molecule has 0 fully saturated rings. The predicted molar refractivity (Wildman–Crippen MR) is 142 cm³/mol. The molecule has 0 saturated heterocycles. The van der Waals surface area contributed by atoms with Gasteiger partial charge in [0.15, 0.2) is 0 Å². The standard InChI is InChI=1S/C28H31BrN2O4/c1-18(2)35-27(33)22-16-31(26(32)19-9-7-10-20(15-19)34-14-8-13-29)17-28(3,4)24-21-11-5-6-12-23(21)30-25(22)24/h5-7,9-12,15-16,18,30H,8,13-14,17H2,1-4H3. The van der Waals surface area contributed by atoms with Gasteiger partial charge in [-0.05, 0) is 50.1 Å². The van der Waals surface area contributed by atoms with Crippen molar-refractivity contribution in [2.24, 2.45) is 0 Å². The van der Waals surface area contributed by atoms with Crippen LogP contribution < -0.4 is 4.74 Å². The van der Waals surface area contributed by atoms with Crippen molar-refractivity contribution in [1.82, 2.24) is 9.88 Å². The monoisotopic (exact) mass is 538 g/mol. The maximum Gasteiger partial charge on any atom is 0.342 e. The second-order valence-electron chi connectivity index (χ2n) is 9.65. The fourth-order valence-electron chi connectivity index (χ4n) is 4.51. The highest BCUT2D eigenvalue weighted by Gasteiger charge is 2.37.